The molecular weight excluding hydrogens is 196 g/mol. The highest BCUT2D eigenvalue weighted by Crippen LogP contribution is 2.03. The normalized spacial score (nSPS) is 12.9. The Kier molecular flexibility index (Phi) is 2.72. The Bertz CT molecular complexity index is 439. The van der Waals surface area contributed by atoms with E-state index in [0.29, 0.717) is 24.4 Å². The van der Waals surface area contributed by atoms with Crippen molar-refractivity contribution in [3.05, 3.63) is 12.1 Å². The van der Waals surface area contributed by atoms with E-state index in [1.54, 1.807) is 19.1 Å². The minimum atomic E-state index is -0.311. The van der Waals surface area contributed by atoms with Gasteiger partial charge >= 0.3 is 0 Å². The van der Waals surface area contributed by atoms with E-state index in [2.05, 4.69) is 25.9 Å². The monoisotopic (exact) mass is 208 g/mol. The van der Waals surface area contributed by atoms with Crippen molar-refractivity contribution in [3.8, 4) is 0 Å². The van der Waals surface area contributed by atoms with Crippen LogP contribution in [0.25, 0.3) is 5.65 Å². The third kappa shape index (κ3) is 2.38. The summed E-state index contributed by atoms with van der Waals surface area (Å²) in [6, 6.07) is 3.57. The van der Waals surface area contributed by atoms with Gasteiger partial charge in [-0.2, -0.15) is 0 Å². The van der Waals surface area contributed by atoms with Crippen molar-refractivity contribution in [1.29, 1.82) is 0 Å². The van der Waals surface area contributed by atoms with Gasteiger partial charge in [0.1, 0.15) is 5.82 Å². The molecule has 0 aliphatic heterocycles. The van der Waals surface area contributed by atoms with Crippen molar-refractivity contribution in [2.75, 3.05) is 11.9 Å². The van der Waals surface area contributed by atoms with E-state index in [1.807, 2.05) is 0 Å². The molecule has 0 saturated heterocycles. The fraction of sp³-hybridized carbons (Fsp3) is 0.500. The van der Waals surface area contributed by atoms with Crippen LogP contribution in [0.1, 0.15) is 13.3 Å². The van der Waals surface area contributed by atoms with Crippen molar-refractivity contribution >= 4 is 11.5 Å². The van der Waals surface area contributed by atoms with Gasteiger partial charge in [0.2, 0.25) is 0 Å². The van der Waals surface area contributed by atoms with Gasteiger partial charge in [0.05, 0.1) is 6.10 Å². The van der Waals surface area contributed by atoms with Gasteiger partial charge in [0.15, 0.2) is 5.65 Å². The van der Waals surface area contributed by atoms with E-state index >= 15 is 0 Å². The number of aliphatic hydroxyl groups is 1. The first kappa shape index (κ1) is 9.78. The van der Waals surface area contributed by atoms with Gasteiger partial charge < -0.3 is 10.4 Å². The highest BCUT2D eigenvalue weighted by Gasteiger charge is 2.00. The van der Waals surface area contributed by atoms with E-state index in [0.717, 1.165) is 0 Å². The molecule has 15 heavy (non-hydrogen) atoms. The number of aromatic nitrogens is 5. The molecule has 2 rings (SSSR count). The summed E-state index contributed by atoms with van der Waals surface area (Å²) in [5.74, 6) is 0.690. The molecule has 0 radical (unpaired) electrons. The standard InChI is InChI=1S/C8H12N6O/c1-6(15)4-5-9-7-2-3-8-10-12-13-14(8)11-7/h2-3,6,15H,4-5H2,1H3,(H,9,11). The number of aliphatic hydroxyl groups excluding tert-OH is 1. The molecule has 0 aliphatic rings. The zero-order valence-corrected chi connectivity index (χ0v) is 8.33. The smallest absolute Gasteiger partial charge is 0.200 e. The molecule has 2 N–H and O–H groups in total. The third-order valence-electron chi connectivity index (χ3n) is 1.94. The molecule has 7 heteroatoms. The Morgan fingerprint density at radius 3 is 3.20 bits per heavy atom. The van der Waals surface area contributed by atoms with Crippen LogP contribution < -0.4 is 5.32 Å². The Morgan fingerprint density at radius 2 is 2.40 bits per heavy atom. The highest BCUT2D eigenvalue weighted by atomic mass is 16.3. The summed E-state index contributed by atoms with van der Waals surface area (Å²) in [7, 11) is 0. The summed E-state index contributed by atoms with van der Waals surface area (Å²) in [6.45, 7) is 2.41. The molecule has 0 fully saturated rings. The number of hydrogen-bond acceptors (Lipinski definition) is 6. The lowest BCUT2D eigenvalue weighted by molar-refractivity contribution is 0.188. The van der Waals surface area contributed by atoms with Crippen molar-refractivity contribution in [3.63, 3.8) is 0 Å². The number of hydrogen-bond donors (Lipinski definition) is 2. The predicted molar refractivity (Wildman–Crippen MR) is 53.4 cm³/mol. The van der Waals surface area contributed by atoms with Crippen molar-refractivity contribution < 1.29 is 5.11 Å². The largest absolute Gasteiger partial charge is 0.393 e. The lowest BCUT2D eigenvalue weighted by Crippen LogP contribution is -2.11. The Hall–Kier alpha value is -1.76. The van der Waals surface area contributed by atoms with Crippen LogP contribution in [0.4, 0.5) is 5.82 Å². The SMILES string of the molecule is CC(O)CCNc1ccc2nnnn2n1. The second-order valence-corrected chi connectivity index (χ2v) is 3.31. The summed E-state index contributed by atoms with van der Waals surface area (Å²) in [5, 5.41) is 27.2. The molecule has 0 spiro atoms. The quantitative estimate of drug-likeness (QED) is 0.717. The van der Waals surface area contributed by atoms with Crippen LogP contribution in [0, 0.1) is 0 Å². The molecule has 2 aromatic heterocycles. The fourth-order valence-corrected chi connectivity index (χ4v) is 1.15. The number of fused-ring (bicyclic) bond motifs is 1. The second-order valence-electron chi connectivity index (χ2n) is 3.31. The molecule has 1 atom stereocenters. The lowest BCUT2D eigenvalue weighted by atomic mass is 10.3. The molecule has 0 saturated carbocycles. The average molecular weight is 208 g/mol. The second kappa shape index (κ2) is 4.18. The maximum absolute atomic E-state index is 9.07. The highest BCUT2D eigenvalue weighted by molar-refractivity contribution is 5.41. The van der Waals surface area contributed by atoms with Crippen molar-refractivity contribution in [1.82, 2.24) is 25.3 Å². The first-order valence-corrected chi connectivity index (χ1v) is 4.73. The molecule has 0 aromatic carbocycles. The van der Waals surface area contributed by atoms with E-state index < -0.39 is 0 Å². The first-order chi connectivity index (χ1) is 7.25. The topological polar surface area (TPSA) is 88.2 Å². The molecule has 0 bridgehead atoms. The summed E-state index contributed by atoms with van der Waals surface area (Å²) in [5.41, 5.74) is 0.607. The number of anilines is 1. The van der Waals surface area contributed by atoms with Gasteiger partial charge in [-0.15, -0.1) is 14.8 Å². The van der Waals surface area contributed by atoms with E-state index in [1.165, 1.54) is 4.63 Å². The van der Waals surface area contributed by atoms with Gasteiger partial charge in [0.25, 0.3) is 0 Å². The number of tetrazole rings is 1. The lowest BCUT2D eigenvalue weighted by Gasteiger charge is -2.06. The minimum Gasteiger partial charge on any atom is -0.393 e. The Balaban J connectivity index is 2.02. The van der Waals surface area contributed by atoms with Gasteiger partial charge in [-0.25, -0.2) is 0 Å². The minimum absolute atomic E-state index is 0.311. The van der Waals surface area contributed by atoms with E-state index in [9.17, 15) is 0 Å². The first-order valence-electron chi connectivity index (χ1n) is 4.73. The van der Waals surface area contributed by atoms with Gasteiger partial charge in [-0.1, -0.05) is 0 Å². The molecule has 2 aromatic rings. The number of nitrogens with one attached hydrogen (secondary N) is 1. The Morgan fingerprint density at radius 1 is 1.53 bits per heavy atom. The average Bonchev–Trinajstić information content (AvgIpc) is 2.64. The molecule has 0 amide bonds. The van der Waals surface area contributed by atoms with Crippen LogP contribution in [0.2, 0.25) is 0 Å². The molecule has 2 heterocycles. The summed E-state index contributed by atoms with van der Waals surface area (Å²) < 4.78 is 1.35. The van der Waals surface area contributed by atoms with E-state index in [-0.39, 0.29) is 6.10 Å². The summed E-state index contributed by atoms with van der Waals surface area (Å²) in [6.07, 6.45) is 0.365. The van der Waals surface area contributed by atoms with Crippen LogP contribution >= 0.6 is 0 Å². The summed E-state index contributed by atoms with van der Waals surface area (Å²) >= 11 is 0. The molecule has 0 aliphatic carbocycles. The molecule has 80 valence electrons. The van der Waals surface area contributed by atoms with Crippen molar-refractivity contribution in [2.45, 2.75) is 19.4 Å². The predicted octanol–water partition coefficient (Wildman–Crippen LogP) is -0.298. The zero-order valence-electron chi connectivity index (χ0n) is 8.33. The molecule has 1 unspecified atom stereocenters. The van der Waals surface area contributed by atoms with Crippen LogP contribution in [-0.4, -0.2) is 43.0 Å². The zero-order chi connectivity index (χ0) is 10.7. The summed E-state index contributed by atoms with van der Waals surface area (Å²) in [4.78, 5) is 0. The van der Waals surface area contributed by atoms with Crippen LogP contribution in [0.15, 0.2) is 12.1 Å². The Labute approximate surface area is 86.1 Å². The van der Waals surface area contributed by atoms with Crippen LogP contribution in [0.3, 0.4) is 0 Å². The van der Waals surface area contributed by atoms with Crippen molar-refractivity contribution in [2.24, 2.45) is 0 Å². The maximum atomic E-state index is 9.07. The fourth-order valence-electron chi connectivity index (χ4n) is 1.15. The van der Waals surface area contributed by atoms with Gasteiger partial charge in [0, 0.05) is 6.54 Å². The number of rotatable bonds is 4. The van der Waals surface area contributed by atoms with E-state index in [4.69, 9.17) is 5.11 Å². The number of nitrogens with zero attached hydrogens (tertiary/aromatic N) is 5. The van der Waals surface area contributed by atoms with Gasteiger partial charge in [-0.3, -0.25) is 0 Å². The van der Waals surface area contributed by atoms with Gasteiger partial charge in [-0.05, 0) is 35.9 Å². The van der Waals surface area contributed by atoms with Crippen LogP contribution in [0.5, 0.6) is 0 Å². The van der Waals surface area contributed by atoms with Crippen LogP contribution in [-0.2, 0) is 0 Å². The third-order valence-corrected chi connectivity index (χ3v) is 1.94. The molecule has 7 nitrogen and oxygen atoms in total. The maximum Gasteiger partial charge on any atom is 0.200 e. The molecular formula is C8H12N6O.